The zero-order chi connectivity index (χ0) is 14.4. The van der Waals surface area contributed by atoms with Crippen LogP contribution in [0.1, 0.15) is 46.4 Å². The molecule has 1 aliphatic rings. The number of aromatic nitrogens is 1. The lowest BCUT2D eigenvalue weighted by atomic mass is 9.84. The Labute approximate surface area is 113 Å². The van der Waals surface area contributed by atoms with E-state index in [0.29, 0.717) is 5.59 Å². The zero-order valence-electron chi connectivity index (χ0n) is 12.0. The van der Waals surface area contributed by atoms with Gasteiger partial charge in [0.2, 0.25) is 0 Å². The fraction of sp³-hybridized carbons (Fsp3) is 0.615. The van der Waals surface area contributed by atoms with Crippen LogP contribution in [0.2, 0.25) is 0 Å². The highest BCUT2D eigenvalue weighted by atomic mass is 19.1. The monoisotopic (exact) mass is 266 g/mol. The van der Waals surface area contributed by atoms with Crippen LogP contribution in [0, 0.1) is 5.82 Å². The third-order valence-corrected chi connectivity index (χ3v) is 3.82. The van der Waals surface area contributed by atoms with Crippen molar-refractivity contribution in [1.82, 2.24) is 4.98 Å². The van der Waals surface area contributed by atoms with Gasteiger partial charge in [0.05, 0.1) is 22.5 Å². The van der Waals surface area contributed by atoms with Crippen molar-refractivity contribution >= 4 is 12.7 Å². The fourth-order valence-corrected chi connectivity index (χ4v) is 1.89. The molecule has 1 unspecified atom stereocenters. The summed E-state index contributed by atoms with van der Waals surface area (Å²) in [6.07, 6.45) is 0. The number of nitrogens with two attached hydrogens (primary N) is 1. The van der Waals surface area contributed by atoms with E-state index in [-0.39, 0.29) is 5.69 Å². The van der Waals surface area contributed by atoms with Crippen molar-refractivity contribution in [2.45, 2.75) is 51.9 Å². The molecule has 2 rings (SSSR count). The lowest BCUT2D eigenvalue weighted by Crippen LogP contribution is -2.41. The van der Waals surface area contributed by atoms with Crippen molar-refractivity contribution in [3.8, 4) is 0 Å². The molecule has 1 saturated heterocycles. The molecule has 0 amide bonds. The van der Waals surface area contributed by atoms with Gasteiger partial charge in [-0.15, -0.1) is 0 Å². The molecule has 0 spiro atoms. The Bertz CT molecular complexity index is 476. The molecule has 1 aromatic rings. The van der Waals surface area contributed by atoms with Crippen LogP contribution in [0.15, 0.2) is 12.1 Å². The summed E-state index contributed by atoms with van der Waals surface area (Å²) < 4.78 is 25.3. The van der Waals surface area contributed by atoms with Crippen LogP contribution in [-0.4, -0.2) is 23.3 Å². The highest BCUT2D eigenvalue weighted by Crippen LogP contribution is 2.36. The summed E-state index contributed by atoms with van der Waals surface area (Å²) in [5.41, 5.74) is 5.60. The second-order valence-corrected chi connectivity index (χ2v) is 5.98. The predicted octanol–water partition coefficient (Wildman–Crippen LogP) is 1.54. The van der Waals surface area contributed by atoms with E-state index in [1.165, 1.54) is 6.07 Å². The van der Waals surface area contributed by atoms with Gasteiger partial charge in [-0.1, -0.05) is 0 Å². The topological polar surface area (TPSA) is 57.4 Å². The molecule has 0 radical (unpaired) electrons. The largest absolute Gasteiger partial charge is 0.514 e. The van der Waals surface area contributed by atoms with Crippen molar-refractivity contribution in [2.75, 3.05) is 0 Å². The number of hydrogen-bond acceptors (Lipinski definition) is 4. The normalized spacial score (nSPS) is 22.6. The van der Waals surface area contributed by atoms with Gasteiger partial charge in [0, 0.05) is 6.04 Å². The number of rotatable bonds is 2. The first-order valence-corrected chi connectivity index (χ1v) is 6.41. The Hall–Kier alpha value is -0.975. The summed E-state index contributed by atoms with van der Waals surface area (Å²) in [5.74, 6) is -0.407. The maximum atomic E-state index is 13.6. The molecule has 2 N–H and O–H groups in total. The lowest BCUT2D eigenvalue weighted by Gasteiger charge is -2.32. The Balaban J connectivity index is 2.32. The van der Waals surface area contributed by atoms with Crippen molar-refractivity contribution < 1.29 is 13.7 Å². The Kier molecular flexibility index (Phi) is 3.45. The van der Waals surface area contributed by atoms with Gasteiger partial charge in [-0.3, -0.25) is 4.98 Å². The molecule has 1 atom stereocenters. The van der Waals surface area contributed by atoms with E-state index in [2.05, 4.69) is 4.98 Å². The minimum absolute atomic E-state index is 0.229. The molecule has 0 bridgehead atoms. The molecule has 4 nitrogen and oxygen atoms in total. The minimum Gasteiger partial charge on any atom is -0.398 e. The van der Waals surface area contributed by atoms with Crippen molar-refractivity contribution in [3.05, 3.63) is 23.6 Å². The van der Waals surface area contributed by atoms with E-state index in [1.807, 2.05) is 27.7 Å². The number of pyridine rings is 1. The third kappa shape index (κ3) is 2.52. The standard InChI is InChI=1S/C13H20BFN2O2/c1-8(16)11-9(15)6-7-10(17-11)14-18-12(2,3)13(4,5)19-14/h6-8H,16H2,1-5H3. The molecular formula is C13H20BFN2O2. The molecule has 1 aromatic heterocycles. The maximum absolute atomic E-state index is 13.6. The maximum Gasteiger partial charge on any atom is 0.514 e. The average Bonchev–Trinajstić information content (AvgIpc) is 2.48. The Morgan fingerprint density at radius 1 is 1.21 bits per heavy atom. The molecule has 0 saturated carbocycles. The van der Waals surface area contributed by atoms with E-state index in [9.17, 15) is 4.39 Å². The van der Waals surface area contributed by atoms with E-state index in [1.54, 1.807) is 13.0 Å². The van der Waals surface area contributed by atoms with Crippen LogP contribution >= 0.6 is 0 Å². The molecule has 1 fully saturated rings. The summed E-state index contributed by atoms with van der Waals surface area (Å²) in [4.78, 5) is 4.23. The quantitative estimate of drug-likeness (QED) is 0.825. The SMILES string of the molecule is CC(N)c1nc(B2OC(C)(C)C(C)(C)O2)ccc1F. The van der Waals surface area contributed by atoms with Gasteiger partial charge in [0.15, 0.2) is 0 Å². The van der Waals surface area contributed by atoms with Gasteiger partial charge in [-0.2, -0.15) is 0 Å². The molecule has 0 aliphatic carbocycles. The summed E-state index contributed by atoms with van der Waals surface area (Å²) in [7, 11) is -0.594. The number of halogens is 1. The third-order valence-electron chi connectivity index (χ3n) is 3.82. The molecular weight excluding hydrogens is 246 g/mol. The van der Waals surface area contributed by atoms with Crippen molar-refractivity contribution in [3.63, 3.8) is 0 Å². The highest BCUT2D eigenvalue weighted by molar-refractivity contribution is 6.61. The molecule has 2 heterocycles. The minimum atomic E-state index is -0.594. The van der Waals surface area contributed by atoms with Gasteiger partial charge in [-0.25, -0.2) is 4.39 Å². The lowest BCUT2D eigenvalue weighted by molar-refractivity contribution is 0.00578. The first-order valence-electron chi connectivity index (χ1n) is 6.41. The molecule has 104 valence electrons. The Morgan fingerprint density at radius 2 is 1.74 bits per heavy atom. The van der Waals surface area contributed by atoms with Crippen LogP contribution < -0.4 is 11.3 Å². The van der Waals surface area contributed by atoms with Gasteiger partial charge in [-0.05, 0) is 46.8 Å². The van der Waals surface area contributed by atoms with Crippen molar-refractivity contribution in [2.24, 2.45) is 5.73 Å². The van der Waals surface area contributed by atoms with E-state index < -0.39 is 30.2 Å². The summed E-state index contributed by atoms with van der Waals surface area (Å²) in [5, 5.41) is 0. The number of hydrogen-bond donors (Lipinski definition) is 1. The van der Waals surface area contributed by atoms with Crippen LogP contribution in [0.3, 0.4) is 0 Å². The molecule has 1 aliphatic heterocycles. The van der Waals surface area contributed by atoms with Crippen LogP contribution in [-0.2, 0) is 9.31 Å². The van der Waals surface area contributed by atoms with E-state index in [0.717, 1.165) is 0 Å². The number of nitrogens with zero attached hydrogens (tertiary/aromatic N) is 1. The molecule has 0 aromatic carbocycles. The zero-order valence-corrected chi connectivity index (χ0v) is 12.0. The smallest absolute Gasteiger partial charge is 0.398 e. The van der Waals surface area contributed by atoms with Gasteiger partial charge in [0.25, 0.3) is 0 Å². The second kappa shape index (κ2) is 4.54. The summed E-state index contributed by atoms with van der Waals surface area (Å²) in [6.45, 7) is 9.54. The highest BCUT2D eigenvalue weighted by Gasteiger charge is 2.52. The van der Waals surface area contributed by atoms with Crippen LogP contribution in [0.25, 0.3) is 0 Å². The predicted molar refractivity (Wildman–Crippen MR) is 72.5 cm³/mol. The average molecular weight is 266 g/mol. The Morgan fingerprint density at radius 3 is 2.21 bits per heavy atom. The fourth-order valence-electron chi connectivity index (χ4n) is 1.89. The summed E-state index contributed by atoms with van der Waals surface area (Å²) in [6, 6.07) is 2.46. The first-order chi connectivity index (χ1) is 8.64. The van der Waals surface area contributed by atoms with Gasteiger partial charge >= 0.3 is 7.12 Å². The molecule has 6 heteroatoms. The van der Waals surface area contributed by atoms with E-state index >= 15 is 0 Å². The molecule has 19 heavy (non-hydrogen) atoms. The van der Waals surface area contributed by atoms with Crippen LogP contribution in [0.4, 0.5) is 4.39 Å². The van der Waals surface area contributed by atoms with Gasteiger partial charge in [0.1, 0.15) is 5.82 Å². The van der Waals surface area contributed by atoms with Gasteiger partial charge < -0.3 is 15.0 Å². The van der Waals surface area contributed by atoms with E-state index in [4.69, 9.17) is 15.0 Å². The second-order valence-electron chi connectivity index (χ2n) is 5.98. The first kappa shape index (κ1) is 14.4. The van der Waals surface area contributed by atoms with Crippen LogP contribution in [0.5, 0.6) is 0 Å². The summed E-state index contributed by atoms with van der Waals surface area (Å²) >= 11 is 0. The van der Waals surface area contributed by atoms with Crippen molar-refractivity contribution in [1.29, 1.82) is 0 Å².